The molecule has 0 aromatic carbocycles. The molecule has 0 bridgehead atoms. The topological polar surface area (TPSA) is 0 Å². The van der Waals surface area contributed by atoms with E-state index in [1.807, 2.05) is 13.8 Å². The molecule has 64 valence electrons. The predicted octanol–water partition coefficient (Wildman–Crippen LogP) is 4.10. The standard InChI is InChI=1S/C4H8.C4H10.C2H6/c1-4-2-3-4;1-4(2)3;1-2/h4H,2-3H2,1H3;4H,1-3H3;1-2H3. The van der Waals surface area contributed by atoms with E-state index in [1.54, 1.807) is 0 Å². The van der Waals surface area contributed by atoms with Gasteiger partial charge in [0.15, 0.2) is 0 Å². The monoisotopic (exact) mass is 144 g/mol. The molecule has 0 aromatic rings. The van der Waals surface area contributed by atoms with Crippen LogP contribution >= 0.6 is 0 Å². The third-order valence-electron chi connectivity index (χ3n) is 0.866. The van der Waals surface area contributed by atoms with Crippen molar-refractivity contribution in [3.05, 3.63) is 0 Å². The first-order valence-corrected chi connectivity index (χ1v) is 4.63. The maximum absolute atomic E-state index is 2.28. The second-order valence-corrected chi connectivity index (χ2v) is 3.41. The summed E-state index contributed by atoms with van der Waals surface area (Å²) >= 11 is 0. The van der Waals surface area contributed by atoms with Crippen molar-refractivity contribution in [3.8, 4) is 0 Å². The summed E-state index contributed by atoms with van der Waals surface area (Å²) in [6, 6.07) is 0. The molecule has 0 unspecified atom stereocenters. The van der Waals surface area contributed by atoms with Gasteiger partial charge in [-0.3, -0.25) is 0 Å². The number of rotatable bonds is 0. The van der Waals surface area contributed by atoms with Crippen molar-refractivity contribution in [2.24, 2.45) is 11.8 Å². The molecule has 0 amide bonds. The first-order valence-electron chi connectivity index (χ1n) is 4.63. The summed E-state index contributed by atoms with van der Waals surface area (Å²) in [5.74, 6) is 1.92. The molecule has 0 aliphatic heterocycles. The van der Waals surface area contributed by atoms with Crippen LogP contribution in [0.4, 0.5) is 0 Å². The van der Waals surface area contributed by atoms with Crippen molar-refractivity contribution in [3.63, 3.8) is 0 Å². The molecule has 1 aliphatic rings. The fourth-order valence-corrected chi connectivity index (χ4v) is 0.167. The van der Waals surface area contributed by atoms with Crippen LogP contribution in [0.1, 0.15) is 54.4 Å². The Kier molecular flexibility index (Phi) is 11.4. The Labute approximate surface area is 67.0 Å². The maximum atomic E-state index is 2.28. The van der Waals surface area contributed by atoms with Gasteiger partial charge in [0.05, 0.1) is 0 Å². The van der Waals surface area contributed by atoms with Crippen molar-refractivity contribution in [2.75, 3.05) is 0 Å². The van der Waals surface area contributed by atoms with Crippen LogP contribution in [0.25, 0.3) is 0 Å². The minimum absolute atomic E-state index is 0.833. The van der Waals surface area contributed by atoms with E-state index in [2.05, 4.69) is 27.7 Å². The molecule has 1 aliphatic carbocycles. The summed E-state index contributed by atoms with van der Waals surface area (Å²) in [5.41, 5.74) is 0. The molecule has 0 saturated heterocycles. The maximum Gasteiger partial charge on any atom is -0.0443 e. The summed E-state index contributed by atoms with van der Waals surface area (Å²) in [7, 11) is 0. The molecule has 0 heterocycles. The summed E-state index contributed by atoms with van der Waals surface area (Å²) < 4.78 is 0. The number of hydrogen-bond donors (Lipinski definition) is 0. The van der Waals surface area contributed by atoms with E-state index < -0.39 is 0 Å². The van der Waals surface area contributed by atoms with Gasteiger partial charge in [0.2, 0.25) is 0 Å². The van der Waals surface area contributed by atoms with Crippen LogP contribution in [0.3, 0.4) is 0 Å². The predicted molar refractivity (Wildman–Crippen MR) is 50.3 cm³/mol. The van der Waals surface area contributed by atoms with Crippen LogP contribution in [0.2, 0.25) is 0 Å². The molecule has 1 saturated carbocycles. The van der Waals surface area contributed by atoms with E-state index in [0.29, 0.717) is 0 Å². The van der Waals surface area contributed by atoms with Crippen LogP contribution in [-0.4, -0.2) is 0 Å². The minimum Gasteiger partial charge on any atom is -0.0683 e. The largest absolute Gasteiger partial charge is 0.0683 e. The average molecular weight is 144 g/mol. The first kappa shape index (κ1) is 12.7. The molecule has 1 fully saturated rings. The minimum atomic E-state index is 0.833. The van der Waals surface area contributed by atoms with E-state index >= 15 is 0 Å². The smallest absolute Gasteiger partial charge is 0.0443 e. The zero-order chi connectivity index (χ0) is 8.57. The number of hydrogen-bond acceptors (Lipinski definition) is 0. The quantitative estimate of drug-likeness (QED) is 0.480. The molecule has 0 atom stereocenters. The third kappa shape index (κ3) is 43.6. The average Bonchev–Trinajstić information content (AvgIpc) is 2.55. The fraction of sp³-hybridized carbons (Fsp3) is 1.00. The molecule has 0 radical (unpaired) electrons. The van der Waals surface area contributed by atoms with Gasteiger partial charge in [-0.25, -0.2) is 0 Å². The van der Waals surface area contributed by atoms with Crippen LogP contribution in [0.15, 0.2) is 0 Å². The summed E-state index contributed by atoms with van der Waals surface area (Å²) in [6.45, 7) is 12.8. The van der Waals surface area contributed by atoms with Gasteiger partial charge >= 0.3 is 0 Å². The Morgan fingerprint density at radius 2 is 1.10 bits per heavy atom. The first-order chi connectivity index (χ1) is 4.63. The molecule has 10 heavy (non-hydrogen) atoms. The van der Waals surface area contributed by atoms with Crippen LogP contribution in [0, 0.1) is 11.8 Å². The Balaban J connectivity index is 0. The summed E-state index contributed by atoms with van der Waals surface area (Å²) in [4.78, 5) is 0. The lowest BCUT2D eigenvalue weighted by atomic mass is 10.3. The van der Waals surface area contributed by atoms with Gasteiger partial charge < -0.3 is 0 Å². The molecule has 1 rings (SSSR count). The highest BCUT2D eigenvalue weighted by Gasteiger charge is 2.12. The SMILES string of the molecule is CC.CC(C)C.CC1CC1. The normalized spacial score (nSPS) is 14.7. The zero-order valence-electron chi connectivity index (χ0n) is 8.57. The Morgan fingerprint density at radius 3 is 1.10 bits per heavy atom. The lowest BCUT2D eigenvalue weighted by Gasteiger charge is -1.79. The highest BCUT2D eigenvalue weighted by Crippen LogP contribution is 2.26. The molecule has 0 N–H and O–H groups in total. The van der Waals surface area contributed by atoms with Gasteiger partial charge in [0, 0.05) is 0 Å². The van der Waals surface area contributed by atoms with E-state index in [0.717, 1.165) is 11.8 Å². The van der Waals surface area contributed by atoms with E-state index in [9.17, 15) is 0 Å². The zero-order valence-corrected chi connectivity index (χ0v) is 8.57. The van der Waals surface area contributed by atoms with Gasteiger partial charge in [-0.15, -0.1) is 0 Å². The molecule has 0 spiro atoms. The van der Waals surface area contributed by atoms with Crippen LogP contribution in [-0.2, 0) is 0 Å². The molecular weight excluding hydrogens is 120 g/mol. The van der Waals surface area contributed by atoms with E-state index in [1.165, 1.54) is 12.8 Å². The Morgan fingerprint density at radius 1 is 1.00 bits per heavy atom. The molecule has 0 nitrogen and oxygen atoms in total. The van der Waals surface area contributed by atoms with Crippen molar-refractivity contribution in [1.29, 1.82) is 0 Å². The van der Waals surface area contributed by atoms with Gasteiger partial charge in [0.25, 0.3) is 0 Å². The second kappa shape index (κ2) is 9.00. The van der Waals surface area contributed by atoms with Gasteiger partial charge in [-0.2, -0.15) is 0 Å². The Bertz CT molecular complexity index is 39.2. The van der Waals surface area contributed by atoms with Gasteiger partial charge in [0.1, 0.15) is 0 Å². The fourth-order valence-electron chi connectivity index (χ4n) is 0.167. The highest BCUT2D eigenvalue weighted by atomic mass is 14.2. The lowest BCUT2D eigenvalue weighted by molar-refractivity contribution is 0.737. The summed E-state index contributed by atoms with van der Waals surface area (Å²) in [5, 5.41) is 0. The summed E-state index contributed by atoms with van der Waals surface area (Å²) in [6.07, 6.45) is 2.97. The van der Waals surface area contributed by atoms with Crippen molar-refractivity contribution in [2.45, 2.75) is 54.4 Å². The molecular formula is C10H24. The third-order valence-corrected chi connectivity index (χ3v) is 0.866. The van der Waals surface area contributed by atoms with Crippen LogP contribution in [0.5, 0.6) is 0 Å². The van der Waals surface area contributed by atoms with Crippen molar-refractivity contribution < 1.29 is 0 Å². The van der Waals surface area contributed by atoms with Crippen molar-refractivity contribution >= 4 is 0 Å². The molecule has 0 aromatic heterocycles. The van der Waals surface area contributed by atoms with Gasteiger partial charge in [-0.05, 0) is 11.8 Å². The lowest BCUT2D eigenvalue weighted by Crippen LogP contribution is -1.66. The Hall–Kier alpha value is 0. The molecule has 0 heteroatoms. The van der Waals surface area contributed by atoms with E-state index in [-0.39, 0.29) is 0 Å². The van der Waals surface area contributed by atoms with Gasteiger partial charge in [-0.1, -0.05) is 54.4 Å². The van der Waals surface area contributed by atoms with Crippen molar-refractivity contribution in [1.82, 2.24) is 0 Å². The van der Waals surface area contributed by atoms with Crippen LogP contribution < -0.4 is 0 Å². The second-order valence-electron chi connectivity index (χ2n) is 3.41. The van der Waals surface area contributed by atoms with E-state index in [4.69, 9.17) is 0 Å². The highest BCUT2D eigenvalue weighted by molar-refractivity contribution is 4.65.